The zero-order chi connectivity index (χ0) is 26.8. The summed E-state index contributed by atoms with van der Waals surface area (Å²) in [6.45, 7) is 3.48. The van der Waals surface area contributed by atoms with E-state index in [4.69, 9.17) is 15.2 Å². The molecule has 0 amide bonds. The Morgan fingerprint density at radius 1 is 0.974 bits per heavy atom. The molecule has 39 heavy (non-hydrogen) atoms. The Kier molecular flexibility index (Phi) is 7.20. The van der Waals surface area contributed by atoms with Gasteiger partial charge < -0.3 is 15.2 Å². The minimum atomic E-state index is 0.0397. The number of ether oxygens (including phenoxy) is 2. The fourth-order valence-electron chi connectivity index (χ4n) is 6.28. The normalized spacial score (nSPS) is 17.9. The van der Waals surface area contributed by atoms with Crippen molar-refractivity contribution in [2.75, 3.05) is 25.9 Å². The molecule has 0 radical (unpaired) electrons. The molecule has 1 fully saturated rings. The molecule has 1 aliphatic carbocycles. The van der Waals surface area contributed by atoms with Crippen molar-refractivity contribution >= 4 is 22.4 Å². The maximum absolute atomic E-state index is 13.4. The molecule has 4 aromatic rings. The number of aromatic nitrogens is 1. The zero-order valence-corrected chi connectivity index (χ0v) is 22.5. The smallest absolute Gasteiger partial charge is 0.292 e. The van der Waals surface area contributed by atoms with E-state index in [2.05, 4.69) is 35.2 Å². The molecule has 0 bridgehead atoms. The van der Waals surface area contributed by atoms with Crippen LogP contribution in [-0.4, -0.2) is 30.9 Å². The van der Waals surface area contributed by atoms with Gasteiger partial charge in [0.25, 0.3) is 6.73 Å². The number of pyridine rings is 1. The first-order valence-corrected chi connectivity index (χ1v) is 13.9. The molecule has 0 spiro atoms. The summed E-state index contributed by atoms with van der Waals surface area (Å²) in [6, 6.07) is 24.5. The van der Waals surface area contributed by atoms with E-state index in [-0.39, 0.29) is 11.7 Å². The third-order valence-electron chi connectivity index (χ3n) is 8.35. The van der Waals surface area contributed by atoms with E-state index in [9.17, 15) is 4.79 Å². The quantitative estimate of drug-likeness (QED) is 0.248. The summed E-state index contributed by atoms with van der Waals surface area (Å²) in [5.41, 5.74) is 11.1. The summed E-state index contributed by atoms with van der Waals surface area (Å²) >= 11 is 0. The molecule has 1 unspecified atom stereocenters. The maximum atomic E-state index is 13.4. The van der Waals surface area contributed by atoms with Crippen molar-refractivity contribution in [3.63, 3.8) is 0 Å². The van der Waals surface area contributed by atoms with Crippen molar-refractivity contribution in [2.24, 2.45) is 11.8 Å². The number of ketones is 1. The van der Waals surface area contributed by atoms with Gasteiger partial charge >= 0.3 is 0 Å². The van der Waals surface area contributed by atoms with Crippen LogP contribution in [0.2, 0.25) is 0 Å². The molecular weight excluding hydrogens is 486 g/mol. The number of carbonyl (C=O) groups excluding carboxylic acids is 1. The molecule has 2 N–H and O–H groups in total. The summed E-state index contributed by atoms with van der Waals surface area (Å²) in [5.74, 6) is 2.12. The van der Waals surface area contributed by atoms with Crippen molar-refractivity contribution in [3.05, 3.63) is 95.7 Å². The number of para-hydroxylation sites is 1. The number of hydrogen-bond donors (Lipinski definition) is 1. The summed E-state index contributed by atoms with van der Waals surface area (Å²) in [4.78, 5) is 15.9. The van der Waals surface area contributed by atoms with Gasteiger partial charge in [-0.25, -0.2) is 0 Å². The number of hydrogen-bond acceptors (Lipinski definition) is 5. The van der Waals surface area contributed by atoms with E-state index < -0.39 is 0 Å². The van der Waals surface area contributed by atoms with Gasteiger partial charge in [0.05, 0.1) is 7.11 Å². The van der Waals surface area contributed by atoms with Crippen LogP contribution in [0.5, 0.6) is 11.5 Å². The number of nitrogens with two attached hydrogens (primary N) is 1. The summed E-state index contributed by atoms with van der Waals surface area (Å²) in [7, 11) is 1.62. The second-order valence-electron chi connectivity index (χ2n) is 10.9. The molecule has 1 atom stereocenters. The van der Waals surface area contributed by atoms with Crippen LogP contribution >= 0.6 is 0 Å². The topological polar surface area (TPSA) is 68.7 Å². The molecule has 2 heterocycles. The molecular formula is C33H36N3O3+. The van der Waals surface area contributed by atoms with E-state index in [1.165, 1.54) is 5.56 Å². The van der Waals surface area contributed by atoms with Crippen LogP contribution in [0.25, 0.3) is 10.9 Å². The lowest BCUT2D eigenvalue weighted by Crippen LogP contribution is -2.37. The van der Waals surface area contributed by atoms with E-state index >= 15 is 0 Å². The Bertz CT molecular complexity index is 1470. The second-order valence-corrected chi connectivity index (χ2v) is 10.9. The third kappa shape index (κ3) is 5.34. The molecule has 2 aliphatic rings. The van der Waals surface area contributed by atoms with E-state index in [1.54, 1.807) is 7.11 Å². The Morgan fingerprint density at radius 2 is 1.77 bits per heavy atom. The van der Waals surface area contributed by atoms with Gasteiger partial charge in [-0.15, -0.1) is 0 Å². The number of fused-ring (bicyclic) bond motifs is 2. The predicted octanol–water partition coefficient (Wildman–Crippen LogP) is 5.41. The summed E-state index contributed by atoms with van der Waals surface area (Å²) in [6.07, 6.45) is 5.98. The average Bonchev–Trinajstić information content (AvgIpc) is 3.26. The standard InChI is InChI=1S/C33H36N3O3/c1-38-30-20-28-26(19-31(30)39-22-36-14-6-10-25-9-5-11-29(34)32(25)36)18-27(33(28)37)17-23-12-15-35(16-13-23)21-24-7-3-2-4-8-24/h2-11,14,19-20,23,27H,12-13,15-18,21-22,34H2,1H3/q+1. The van der Waals surface area contributed by atoms with Gasteiger partial charge in [-0.1, -0.05) is 36.4 Å². The number of nitrogens with zero attached hydrogens (tertiary/aromatic N) is 2. The first kappa shape index (κ1) is 25.4. The Hall–Kier alpha value is -3.90. The highest BCUT2D eigenvalue weighted by Gasteiger charge is 2.34. The van der Waals surface area contributed by atoms with E-state index in [0.717, 1.165) is 67.3 Å². The van der Waals surface area contributed by atoms with Crippen molar-refractivity contribution in [1.29, 1.82) is 0 Å². The first-order valence-electron chi connectivity index (χ1n) is 13.9. The number of benzene rings is 3. The highest BCUT2D eigenvalue weighted by Crippen LogP contribution is 2.40. The molecule has 6 heteroatoms. The maximum Gasteiger partial charge on any atom is 0.292 e. The van der Waals surface area contributed by atoms with Crippen LogP contribution in [0.15, 0.2) is 79.0 Å². The SMILES string of the molecule is COc1cc2c(cc1OC[n+]1cccc3cccc(N)c31)CC(CC1CCN(Cc3ccccc3)CC1)C2=O. The van der Waals surface area contributed by atoms with Gasteiger partial charge in [-0.3, -0.25) is 9.69 Å². The number of piperidine rings is 1. The van der Waals surface area contributed by atoms with Gasteiger partial charge in [0.1, 0.15) is 5.69 Å². The lowest BCUT2D eigenvalue weighted by molar-refractivity contribution is -0.700. The van der Waals surface area contributed by atoms with E-state index in [1.807, 2.05) is 53.2 Å². The molecule has 1 saturated heterocycles. The molecule has 1 aliphatic heterocycles. The zero-order valence-electron chi connectivity index (χ0n) is 22.5. The van der Waals surface area contributed by atoms with Crippen molar-refractivity contribution in [1.82, 2.24) is 4.90 Å². The fourth-order valence-corrected chi connectivity index (χ4v) is 6.28. The average molecular weight is 523 g/mol. The number of carbonyl (C=O) groups is 1. The minimum absolute atomic E-state index is 0.0397. The molecule has 200 valence electrons. The molecule has 0 saturated carbocycles. The van der Waals surface area contributed by atoms with Crippen LogP contribution in [-0.2, 0) is 19.7 Å². The predicted molar refractivity (Wildman–Crippen MR) is 153 cm³/mol. The third-order valence-corrected chi connectivity index (χ3v) is 8.35. The lowest BCUT2D eigenvalue weighted by Gasteiger charge is -2.32. The Balaban J connectivity index is 1.11. The number of rotatable bonds is 8. The number of methoxy groups -OCH3 is 1. The van der Waals surface area contributed by atoms with Crippen LogP contribution in [0, 0.1) is 11.8 Å². The van der Waals surface area contributed by atoms with Crippen molar-refractivity contribution in [3.8, 4) is 11.5 Å². The first-order chi connectivity index (χ1) is 19.1. The van der Waals surface area contributed by atoms with Crippen molar-refractivity contribution < 1.29 is 18.8 Å². The summed E-state index contributed by atoms with van der Waals surface area (Å²) in [5, 5.41) is 1.06. The number of likely N-dealkylation sites (tertiary alicyclic amines) is 1. The van der Waals surface area contributed by atoms with Crippen molar-refractivity contribution in [2.45, 2.75) is 39.0 Å². The van der Waals surface area contributed by atoms with Gasteiger partial charge in [0.15, 0.2) is 23.5 Å². The highest BCUT2D eigenvalue weighted by molar-refractivity contribution is 6.03. The van der Waals surface area contributed by atoms with Gasteiger partial charge in [0, 0.05) is 29.5 Å². The van der Waals surface area contributed by atoms with Gasteiger partial charge in [-0.05, 0) is 86.1 Å². The lowest BCUT2D eigenvalue weighted by atomic mass is 9.85. The largest absolute Gasteiger partial charge is 0.493 e. The number of anilines is 1. The summed E-state index contributed by atoms with van der Waals surface area (Å²) < 4.78 is 13.9. The molecule has 3 aromatic carbocycles. The number of Topliss-reactive ketones (excluding diaryl/α,β-unsaturated/α-hetero) is 1. The second kappa shape index (κ2) is 11.1. The van der Waals surface area contributed by atoms with Gasteiger partial charge in [-0.2, -0.15) is 4.57 Å². The van der Waals surface area contributed by atoms with Crippen LogP contribution in [0.3, 0.4) is 0 Å². The molecule has 6 rings (SSSR count). The monoisotopic (exact) mass is 522 g/mol. The van der Waals surface area contributed by atoms with E-state index in [0.29, 0.717) is 29.8 Å². The molecule has 6 nitrogen and oxygen atoms in total. The Labute approximate surface area is 230 Å². The molecule has 1 aromatic heterocycles. The minimum Gasteiger partial charge on any atom is -0.493 e. The van der Waals surface area contributed by atoms with Crippen LogP contribution < -0.4 is 19.8 Å². The fraction of sp³-hybridized carbons (Fsp3) is 0.333. The Morgan fingerprint density at radius 3 is 2.56 bits per heavy atom. The highest BCUT2D eigenvalue weighted by atomic mass is 16.5. The van der Waals surface area contributed by atoms with Crippen LogP contribution in [0.4, 0.5) is 5.69 Å². The number of nitrogen functional groups attached to an aromatic ring is 1. The van der Waals surface area contributed by atoms with Crippen LogP contribution in [0.1, 0.15) is 40.7 Å². The van der Waals surface area contributed by atoms with Gasteiger partial charge in [0.2, 0.25) is 5.52 Å².